The van der Waals surface area contributed by atoms with Crippen LogP contribution in [0.2, 0.25) is 0 Å². The minimum Gasteiger partial charge on any atom is -0.481 e. The quantitative estimate of drug-likeness (QED) is 0.886. The SMILES string of the molecule is O=C(O)C1CCC(C(=O)N2CCc3ncccc3C2)C1. The van der Waals surface area contributed by atoms with Gasteiger partial charge < -0.3 is 10.0 Å². The molecule has 1 aliphatic heterocycles. The Hall–Kier alpha value is -1.91. The molecule has 3 rings (SSSR count). The molecule has 5 nitrogen and oxygen atoms in total. The molecule has 0 spiro atoms. The van der Waals surface area contributed by atoms with E-state index in [1.165, 1.54) is 0 Å². The topological polar surface area (TPSA) is 70.5 Å². The molecular formula is C15H18N2O3. The van der Waals surface area contributed by atoms with Crippen LogP contribution in [0.25, 0.3) is 0 Å². The highest BCUT2D eigenvalue weighted by Crippen LogP contribution is 2.33. The second-order valence-corrected chi connectivity index (χ2v) is 5.66. The largest absolute Gasteiger partial charge is 0.481 e. The zero-order valence-electron chi connectivity index (χ0n) is 11.3. The third kappa shape index (κ3) is 2.40. The Morgan fingerprint density at radius 1 is 1.30 bits per heavy atom. The summed E-state index contributed by atoms with van der Waals surface area (Å²) in [6, 6.07) is 3.90. The summed E-state index contributed by atoms with van der Waals surface area (Å²) in [4.78, 5) is 29.7. The number of aliphatic carboxylic acids is 1. The molecule has 1 aliphatic carbocycles. The molecule has 1 aromatic rings. The normalized spacial score (nSPS) is 25.3. The lowest BCUT2D eigenvalue weighted by Gasteiger charge is -2.30. The van der Waals surface area contributed by atoms with Gasteiger partial charge in [-0.2, -0.15) is 0 Å². The molecular weight excluding hydrogens is 256 g/mol. The summed E-state index contributed by atoms with van der Waals surface area (Å²) >= 11 is 0. The molecule has 2 atom stereocenters. The number of carbonyl (C=O) groups is 2. The Bertz CT molecular complexity index is 544. The summed E-state index contributed by atoms with van der Waals surface area (Å²) in [6.45, 7) is 1.30. The molecule has 0 aromatic carbocycles. The second kappa shape index (κ2) is 5.23. The first kappa shape index (κ1) is 13.1. The van der Waals surface area contributed by atoms with Crippen LogP contribution in [0, 0.1) is 11.8 Å². The van der Waals surface area contributed by atoms with E-state index in [2.05, 4.69) is 4.98 Å². The van der Waals surface area contributed by atoms with Crippen molar-refractivity contribution in [2.75, 3.05) is 6.54 Å². The molecule has 2 unspecified atom stereocenters. The molecule has 0 radical (unpaired) electrons. The summed E-state index contributed by atoms with van der Waals surface area (Å²) < 4.78 is 0. The molecule has 0 saturated heterocycles. The number of rotatable bonds is 2. The number of pyridine rings is 1. The van der Waals surface area contributed by atoms with E-state index < -0.39 is 5.97 Å². The highest BCUT2D eigenvalue weighted by atomic mass is 16.4. The van der Waals surface area contributed by atoms with Gasteiger partial charge in [0.25, 0.3) is 0 Å². The van der Waals surface area contributed by atoms with Gasteiger partial charge >= 0.3 is 5.97 Å². The van der Waals surface area contributed by atoms with E-state index in [1.807, 2.05) is 17.0 Å². The van der Waals surface area contributed by atoms with E-state index >= 15 is 0 Å². The molecule has 2 heterocycles. The number of hydrogen-bond donors (Lipinski definition) is 1. The van der Waals surface area contributed by atoms with Crippen LogP contribution >= 0.6 is 0 Å². The molecule has 106 valence electrons. The number of carbonyl (C=O) groups excluding carboxylic acids is 1. The van der Waals surface area contributed by atoms with Crippen molar-refractivity contribution in [1.29, 1.82) is 0 Å². The van der Waals surface area contributed by atoms with Crippen molar-refractivity contribution in [2.45, 2.75) is 32.2 Å². The summed E-state index contributed by atoms with van der Waals surface area (Å²) in [5.74, 6) is -1.12. The van der Waals surface area contributed by atoms with Crippen molar-refractivity contribution >= 4 is 11.9 Å². The highest BCUT2D eigenvalue weighted by Gasteiger charge is 2.36. The van der Waals surface area contributed by atoms with E-state index in [-0.39, 0.29) is 17.7 Å². The van der Waals surface area contributed by atoms with E-state index in [0.717, 1.165) is 17.7 Å². The maximum atomic E-state index is 12.5. The minimum absolute atomic E-state index is 0.114. The molecule has 0 bridgehead atoms. The predicted molar refractivity (Wildman–Crippen MR) is 71.8 cm³/mol. The fourth-order valence-electron chi connectivity index (χ4n) is 3.24. The number of fused-ring (bicyclic) bond motifs is 1. The van der Waals surface area contributed by atoms with Crippen LogP contribution in [0.5, 0.6) is 0 Å². The van der Waals surface area contributed by atoms with Gasteiger partial charge in [-0.1, -0.05) is 6.07 Å². The Labute approximate surface area is 117 Å². The predicted octanol–water partition coefficient (Wildman–Crippen LogP) is 1.47. The first-order chi connectivity index (χ1) is 9.65. The zero-order valence-corrected chi connectivity index (χ0v) is 11.3. The maximum Gasteiger partial charge on any atom is 0.306 e. The van der Waals surface area contributed by atoms with Gasteiger partial charge in [-0.3, -0.25) is 14.6 Å². The Kier molecular flexibility index (Phi) is 3.42. The average molecular weight is 274 g/mol. The van der Waals surface area contributed by atoms with Gasteiger partial charge in [0.1, 0.15) is 0 Å². The Balaban J connectivity index is 1.66. The van der Waals surface area contributed by atoms with Crippen molar-refractivity contribution < 1.29 is 14.7 Å². The van der Waals surface area contributed by atoms with Crippen LogP contribution in [-0.4, -0.2) is 33.4 Å². The molecule has 1 fully saturated rings. The maximum absolute atomic E-state index is 12.5. The van der Waals surface area contributed by atoms with Gasteiger partial charge in [0.15, 0.2) is 0 Å². The molecule has 2 aliphatic rings. The Morgan fingerprint density at radius 2 is 2.10 bits per heavy atom. The fourth-order valence-corrected chi connectivity index (χ4v) is 3.24. The van der Waals surface area contributed by atoms with Crippen LogP contribution in [-0.2, 0) is 22.6 Å². The standard InChI is InChI=1S/C15H18N2O3/c18-14(10-3-4-11(8-10)15(19)20)17-7-5-13-12(9-17)2-1-6-16-13/h1-2,6,10-11H,3-5,7-9H2,(H,19,20). The first-order valence-electron chi connectivity index (χ1n) is 7.09. The van der Waals surface area contributed by atoms with Crippen molar-refractivity contribution in [3.8, 4) is 0 Å². The minimum atomic E-state index is -0.770. The average Bonchev–Trinajstić information content (AvgIpc) is 2.96. The lowest BCUT2D eigenvalue weighted by molar-refractivity contribution is -0.141. The van der Waals surface area contributed by atoms with Crippen molar-refractivity contribution in [1.82, 2.24) is 9.88 Å². The van der Waals surface area contributed by atoms with Gasteiger partial charge in [0, 0.05) is 37.3 Å². The van der Waals surface area contributed by atoms with E-state index in [4.69, 9.17) is 5.11 Å². The lowest BCUT2D eigenvalue weighted by Crippen LogP contribution is -2.39. The van der Waals surface area contributed by atoms with Crippen LogP contribution in [0.4, 0.5) is 0 Å². The number of hydrogen-bond acceptors (Lipinski definition) is 3. The Morgan fingerprint density at radius 3 is 2.85 bits per heavy atom. The van der Waals surface area contributed by atoms with Crippen LogP contribution in [0.1, 0.15) is 30.5 Å². The molecule has 1 N–H and O–H groups in total. The van der Waals surface area contributed by atoms with Crippen LogP contribution < -0.4 is 0 Å². The smallest absolute Gasteiger partial charge is 0.306 e. The van der Waals surface area contributed by atoms with Crippen molar-refractivity contribution in [2.24, 2.45) is 11.8 Å². The lowest BCUT2D eigenvalue weighted by atomic mass is 10.0. The van der Waals surface area contributed by atoms with Gasteiger partial charge in [-0.25, -0.2) is 0 Å². The van der Waals surface area contributed by atoms with Gasteiger partial charge in [0.2, 0.25) is 5.91 Å². The third-order valence-corrected chi connectivity index (χ3v) is 4.41. The van der Waals surface area contributed by atoms with Gasteiger partial charge in [-0.15, -0.1) is 0 Å². The summed E-state index contributed by atoms with van der Waals surface area (Å²) in [7, 11) is 0. The number of nitrogens with zero attached hydrogens (tertiary/aromatic N) is 2. The summed E-state index contributed by atoms with van der Waals surface area (Å²) in [5, 5.41) is 9.02. The van der Waals surface area contributed by atoms with E-state index in [1.54, 1.807) is 6.20 Å². The molecule has 1 saturated carbocycles. The molecule has 20 heavy (non-hydrogen) atoms. The molecule has 1 amide bonds. The second-order valence-electron chi connectivity index (χ2n) is 5.66. The molecule has 1 aromatic heterocycles. The number of carboxylic acids is 1. The summed E-state index contributed by atoms with van der Waals surface area (Å²) in [6.07, 6.45) is 4.39. The van der Waals surface area contributed by atoms with Gasteiger partial charge in [-0.05, 0) is 30.9 Å². The van der Waals surface area contributed by atoms with E-state index in [9.17, 15) is 9.59 Å². The number of carboxylic acid groups (broad SMARTS) is 1. The van der Waals surface area contributed by atoms with Crippen LogP contribution in [0.15, 0.2) is 18.3 Å². The number of amides is 1. The van der Waals surface area contributed by atoms with Crippen molar-refractivity contribution in [3.05, 3.63) is 29.6 Å². The van der Waals surface area contributed by atoms with Crippen LogP contribution in [0.3, 0.4) is 0 Å². The zero-order chi connectivity index (χ0) is 14.1. The first-order valence-corrected chi connectivity index (χ1v) is 7.09. The summed E-state index contributed by atoms with van der Waals surface area (Å²) in [5.41, 5.74) is 2.19. The monoisotopic (exact) mass is 274 g/mol. The third-order valence-electron chi connectivity index (χ3n) is 4.41. The fraction of sp³-hybridized carbons (Fsp3) is 0.533. The number of aromatic nitrogens is 1. The molecule has 5 heteroatoms. The highest BCUT2D eigenvalue weighted by molar-refractivity contribution is 5.81. The van der Waals surface area contributed by atoms with E-state index in [0.29, 0.717) is 32.4 Å². The van der Waals surface area contributed by atoms with Crippen molar-refractivity contribution in [3.63, 3.8) is 0 Å². The van der Waals surface area contributed by atoms with Gasteiger partial charge in [0.05, 0.1) is 5.92 Å².